The van der Waals surface area contributed by atoms with E-state index in [4.69, 9.17) is 5.73 Å². The number of rotatable bonds is 4. The van der Waals surface area contributed by atoms with Crippen LogP contribution in [0, 0.1) is 17.8 Å². The predicted octanol–water partition coefficient (Wildman–Crippen LogP) is 3.09. The molecule has 4 heteroatoms. The number of fused-ring (bicyclic) bond motifs is 2. The van der Waals surface area contributed by atoms with Gasteiger partial charge in [-0.3, -0.25) is 0 Å². The van der Waals surface area contributed by atoms with E-state index in [-0.39, 0.29) is 6.04 Å². The normalized spacial score (nSPS) is 28.9. The Hall–Kier alpha value is -1.68. The average molecular weight is 282 g/mol. The average Bonchev–Trinajstić information content (AvgIpc) is 3.24. The first-order valence-corrected chi connectivity index (χ1v) is 8.03. The largest absolute Gasteiger partial charge is 0.323 e. The lowest BCUT2D eigenvalue weighted by Gasteiger charge is -2.24. The zero-order valence-corrected chi connectivity index (χ0v) is 12.2. The van der Waals surface area contributed by atoms with Crippen molar-refractivity contribution >= 4 is 0 Å². The molecule has 2 fully saturated rings. The zero-order valence-electron chi connectivity index (χ0n) is 12.2. The van der Waals surface area contributed by atoms with Gasteiger partial charge in [-0.05, 0) is 55.6 Å². The van der Waals surface area contributed by atoms with E-state index in [9.17, 15) is 0 Å². The minimum Gasteiger partial charge on any atom is -0.323 e. The topological polar surface area (TPSA) is 56.7 Å². The lowest BCUT2D eigenvalue weighted by Crippen LogP contribution is -2.21. The molecule has 1 aromatic carbocycles. The third-order valence-electron chi connectivity index (χ3n) is 5.40. The van der Waals surface area contributed by atoms with Crippen molar-refractivity contribution in [3.63, 3.8) is 0 Å². The Balaban J connectivity index is 1.53. The standard InChI is InChI=1S/C17H22N4/c18-16(10-14-9-12-6-7-13(14)8-12)17-11-19-20-21(17)15-4-2-1-3-5-15/h1-5,11-14,16H,6-10,18H2. The summed E-state index contributed by atoms with van der Waals surface area (Å²) in [7, 11) is 0. The van der Waals surface area contributed by atoms with Crippen molar-refractivity contribution in [3.8, 4) is 5.69 Å². The molecule has 0 saturated heterocycles. The Labute approximate surface area is 125 Å². The van der Waals surface area contributed by atoms with Crippen molar-refractivity contribution < 1.29 is 0 Å². The van der Waals surface area contributed by atoms with Crippen molar-refractivity contribution in [2.24, 2.45) is 23.5 Å². The Bertz CT molecular complexity index is 606. The monoisotopic (exact) mass is 282 g/mol. The van der Waals surface area contributed by atoms with Crippen molar-refractivity contribution in [1.29, 1.82) is 0 Å². The molecule has 4 atom stereocenters. The molecule has 1 aromatic heterocycles. The van der Waals surface area contributed by atoms with E-state index < -0.39 is 0 Å². The Kier molecular flexibility index (Phi) is 3.26. The van der Waals surface area contributed by atoms with Gasteiger partial charge >= 0.3 is 0 Å². The van der Waals surface area contributed by atoms with Crippen LogP contribution in [-0.4, -0.2) is 15.0 Å². The van der Waals surface area contributed by atoms with Crippen molar-refractivity contribution in [3.05, 3.63) is 42.2 Å². The second-order valence-electron chi connectivity index (χ2n) is 6.68. The molecule has 110 valence electrons. The van der Waals surface area contributed by atoms with Gasteiger partial charge in [0.25, 0.3) is 0 Å². The van der Waals surface area contributed by atoms with Gasteiger partial charge in [0.2, 0.25) is 0 Å². The molecule has 4 unspecified atom stereocenters. The Morgan fingerprint density at radius 2 is 2.05 bits per heavy atom. The summed E-state index contributed by atoms with van der Waals surface area (Å²) >= 11 is 0. The van der Waals surface area contributed by atoms with Crippen molar-refractivity contribution in [2.45, 2.75) is 38.1 Å². The molecule has 2 aliphatic rings. The maximum atomic E-state index is 6.49. The van der Waals surface area contributed by atoms with Crippen LogP contribution < -0.4 is 5.73 Å². The molecule has 0 aliphatic heterocycles. The van der Waals surface area contributed by atoms with Crippen LogP contribution in [0.25, 0.3) is 5.69 Å². The van der Waals surface area contributed by atoms with Crippen LogP contribution >= 0.6 is 0 Å². The van der Waals surface area contributed by atoms with E-state index in [1.165, 1.54) is 25.7 Å². The molecule has 21 heavy (non-hydrogen) atoms. The molecule has 0 spiro atoms. The molecule has 2 N–H and O–H groups in total. The molecule has 2 aromatic rings. The van der Waals surface area contributed by atoms with E-state index in [1.54, 1.807) is 0 Å². The van der Waals surface area contributed by atoms with E-state index in [0.717, 1.165) is 35.6 Å². The highest BCUT2D eigenvalue weighted by molar-refractivity contribution is 5.32. The first-order chi connectivity index (χ1) is 10.3. The SMILES string of the molecule is NC(CC1CC2CCC1C2)c1cnnn1-c1ccccc1. The summed E-state index contributed by atoms with van der Waals surface area (Å²) in [5, 5.41) is 8.29. The third kappa shape index (κ3) is 2.38. The second kappa shape index (κ2) is 5.26. The van der Waals surface area contributed by atoms with Gasteiger partial charge in [0.15, 0.2) is 0 Å². The van der Waals surface area contributed by atoms with Crippen molar-refractivity contribution in [1.82, 2.24) is 15.0 Å². The molecule has 2 bridgehead atoms. The molecular weight excluding hydrogens is 260 g/mol. The molecule has 0 radical (unpaired) electrons. The molecule has 0 amide bonds. The number of aromatic nitrogens is 3. The van der Waals surface area contributed by atoms with E-state index in [1.807, 2.05) is 41.2 Å². The predicted molar refractivity (Wildman–Crippen MR) is 81.8 cm³/mol. The molecule has 2 aliphatic carbocycles. The molecule has 1 heterocycles. The lowest BCUT2D eigenvalue weighted by atomic mass is 9.84. The maximum absolute atomic E-state index is 6.49. The highest BCUT2D eigenvalue weighted by atomic mass is 15.4. The first-order valence-electron chi connectivity index (χ1n) is 8.03. The maximum Gasteiger partial charge on any atom is 0.0813 e. The summed E-state index contributed by atoms with van der Waals surface area (Å²) in [6.45, 7) is 0. The summed E-state index contributed by atoms with van der Waals surface area (Å²) in [6.07, 6.45) is 8.57. The highest BCUT2D eigenvalue weighted by Gasteiger charge is 2.40. The number of benzene rings is 1. The first kappa shape index (κ1) is 13.0. The van der Waals surface area contributed by atoms with Gasteiger partial charge in [0, 0.05) is 6.04 Å². The van der Waals surface area contributed by atoms with Gasteiger partial charge in [0.05, 0.1) is 17.6 Å². The quantitative estimate of drug-likeness (QED) is 0.937. The van der Waals surface area contributed by atoms with Gasteiger partial charge in [-0.1, -0.05) is 29.8 Å². The summed E-state index contributed by atoms with van der Waals surface area (Å²) in [6, 6.07) is 10.2. The fourth-order valence-corrected chi connectivity index (χ4v) is 4.38. The van der Waals surface area contributed by atoms with Crippen LogP contribution in [0.5, 0.6) is 0 Å². The van der Waals surface area contributed by atoms with Crippen LogP contribution in [0.4, 0.5) is 0 Å². The minimum atomic E-state index is 0.0320. The van der Waals surface area contributed by atoms with E-state index in [0.29, 0.717) is 0 Å². The van der Waals surface area contributed by atoms with Gasteiger partial charge in [0.1, 0.15) is 0 Å². The molecule has 4 rings (SSSR count). The fourth-order valence-electron chi connectivity index (χ4n) is 4.38. The lowest BCUT2D eigenvalue weighted by molar-refractivity contribution is 0.293. The number of para-hydroxylation sites is 1. The molecular formula is C17H22N4. The second-order valence-corrected chi connectivity index (χ2v) is 6.68. The zero-order chi connectivity index (χ0) is 14.2. The third-order valence-corrected chi connectivity index (χ3v) is 5.40. The molecule has 2 saturated carbocycles. The Morgan fingerprint density at radius 1 is 1.19 bits per heavy atom. The van der Waals surface area contributed by atoms with Crippen LogP contribution in [-0.2, 0) is 0 Å². The van der Waals surface area contributed by atoms with Crippen LogP contribution in [0.3, 0.4) is 0 Å². The van der Waals surface area contributed by atoms with Gasteiger partial charge in [-0.2, -0.15) is 0 Å². The van der Waals surface area contributed by atoms with Gasteiger partial charge in [-0.15, -0.1) is 5.10 Å². The van der Waals surface area contributed by atoms with Crippen LogP contribution in [0.15, 0.2) is 36.5 Å². The Morgan fingerprint density at radius 3 is 2.76 bits per heavy atom. The van der Waals surface area contributed by atoms with E-state index in [2.05, 4.69) is 10.3 Å². The fraction of sp³-hybridized carbons (Fsp3) is 0.529. The minimum absolute atomic E-state index is 0.0320. The van der Waals surface area contributed by atoms with Crippen LogP contribution in [0.1, 0.15) is 43.8 Å². The number of hydrogen-bond donors (Lipinski definition) is 1. The van der Waals surface area contributed by atoms with Gasteiger partial charge < -0.3 is 5.73 Å². The number of nitrogens with two attached hydrogens (primary N) is 1. The summed E-state index contributed by atoms with van der Waals surface area (Å²) in [4.78, 5) is 0. The summed E-state index contributed by atoms with van der Waals surface area (Å²) in [5.41, 5.74) is 8.56. The number of nitrogens with zero attached hydrogens (tertiary/aromatic N) is 3. The number of hydrogen-bond acceptors (Lipinski definition) is 3. The van der Waals surface area contributed by atoms with Crippen LogP contribution in [0.2, 0.25) is 0 Å². The summed E-state index contributed by atoms with van der Waals surface area (Å²) < 4.78 is 1.89. The smallest absolute Gasteiger partial charge is 0.0813 e. The molecule has 4 nitrogen and oxygen atoms in total. The van der Waals surface area contributed by atoms with Gasteiger partial charge in [-0.25, -0.2) is 4.68 Å². The summed E-state index contributed by atoms with van der Waals surface area (Å²) in [5.74, 6) is 2.70. The van der Waals surface area contributed by atoms with E-state index >= 15 is 0 Å². The highest BCUT2D eigenvalue weighted by Crippen LogP contribution is 2.50. The van der Waals surface area contributed by atoms with Crippen molar-refractivity contribution in [2.75, 3.05) is 0 Å².